The molecule has 0 aromatic carbocycles. The van der Waals surface area contributed by atoms with E-state index in [9.17, 15) is 0 Å². The Labute approximate surface area is 84.9 Å². The Morgan fingerprint density at radius 1 is 1.36 bits per heavy atom. The lowest BCUT2D eigenvalue weighted by Gasteiger charge is -2.27. The summed E-state index contributed by atoms with van der Waals surface area (Å²) < 4.78 is 16.6. The van der Waals surface area contributed by atoms with Crippen molar-refractivity contribution in [3.05, 3.63) is 0 Å². The molecule has 0 saturated carbocycles. The van der Waals surface area contributed by atoms with E-state index in [1.807, 2.05) is 0 Å². The minimum Gasteiger partial charge on any atom is -0.379 e. The molecule has 14 heavy (non-hydrogen) atoms. The van der Waals surface area contributed by atoms with Gasteiger partial charge in [-0.2, -0.15) is 0 Å². The summed E-state index contributed by atoms with van der Waals surface area (Å²) >= 11 is 0. The molecule has 2 aliphatic heterocycles. The summed E-state index contributed by atoms with van der Waals surface area (Å²) in [6, 6.07) is 0. The number of rotatable bonds is 3. The van der Waals surface area contributed by atoms with Gasteiger partial charge in [-0.1, -0.05) is 0 Å². The zero-order chi connectivity index (χ0) is 9.64. The SMILES string of the molecule is C1COCC(OCC2CNCCO2)C1. The van der Waals surface area contributed by atoms with Crippen molar-refractivity contribution >= 4 is 0 Å². The first-order valence-corrected chi connectivity index (χ1v) is 5.47. The molecule has 1 N–H and O–H groups in total. The van der Waals surface area contributed by atoms with E-state index in [-0.39, 0.29) is 12.2 Å². The third-order valence-electron chi connectivity index (χ3n) is 2.64. The minimum absolute atomic E-state index is 0.227. The van der Waals surface area contributed by atoms with Gasteiger partial charge in [0.25, 0.3) is 0 Å². The van der Waals surface area contributed by atoms with Gasteiger partial charge in [-0.3, -0.25) is 0 Å². The van der Waals surface area contributed by atoms with E-state index >= 15 is 0 Å². The highest BCUT2D eigenvalue weighted by atomic mass is 16.6. The van der Waals surface area contributed by atoms with E-state index in [2.05, 4.69) is 5.32 Å². The first-order valence-electron chi connectivity index (χ1n) is 5.47. The summed E-state index contributed by atoms with van der Waals surface area (Å²) in [5.74, 6) is 0. The van der Waals surface area contributed by atoms with Crippen LogP contribution in [0.4, 0.5) is 0 Å². The second-order valence-corrected chi connectivity index (χ2v) is 3.87. The summed E-state index contributed by atoms with van der Waals surface area (Å²) in [5, 5.41) is 3.29. The smallest absolute Gasteiger partial charge is 0.0933 e. The van der Waals surface area contributed by atoms with Crippen LogP contribution in [-0.4, -0.2) is 51.7 Å². The van der Waals surface area contributed by atoms with E-state index in [0.29, 0.717) is 6.61 Å². The van der Waals surface area contributed by atoms with E-state index < -0.39 is 0 Å². The highest BCUT2D eigenvalue weighted by Gasteiger charge is 2.18. The van der Waals surface area contributed by atoms with Gasteiger partial charge in [0.2, 0.25) is 0 Å². The summed E-state index contributed by atoms with van der Waals surface area (Å²) in [7, 11) is 0. The maximum Gasteiger partial charge on any atom is 0.0933 e. The number of morpholine rings is 1. The summed E-state index contributed by atoms with van der Waals surface area (Å²) in [4.78, 5) is 0. The predicted octanol–water partition coefficient (Wildman–Crippen LogP) is 0.170. The molecule has 4 heteroatoms. The number of nitrogens with one attached hydrogen (secondary N) is 1. The molecule has 82 valence electrons. The van der Waals surface area contributed by atoms with Gasteiger partial charge < -0.3 is 19.5 Å². The normalized spacial score (nSPS) is 34.3. The monoisotopic (exact) mass is 201 g/mol. The molecule has 4 nitrogen and oxygen atoms in total. The van der Waals surface area contributed by atoms with Gasteiger partial charge in [0.05, 0.1) is 32.0 Å². The lowest BCUT2D eigenvalue weighted by Crippen LogP contribution is -2.42. The molecular weight excluding hydrogens is 182 g/mol. The highest BCUT2D eigenvalue weighted by molar-refractivity contribution is 4.68. The molecule has 2 saturated heterocycles. The first-order chi connectivity index (χ1) is 6.95. The summed E-state index contributed by atoms with van der Waals surface area (Å²) in [6.07, 6.45) is 2.76. The fourth-order valence-electron chi connectivity index (χ4n) is 1.81. The van der Waals surface area contributed by atoms with Gasteiger partial charge in [-0.15, -0.1) is 0 Å². The number of hydrogen-bond acceptors (Lipinski definition) is 4. The van der Waals surface area contributed by atoms with Crippen molar-refractivity contribution in [1.82, 2.24) is 5.32 Å². The Bertz CT molecular complexity index is 135. The average molecular weight is 201 g/mol. The molecule has 0 bridgehead atoms. The van der Waals surface area contributed by atoms with Crippen molar-refractivity contribution in [2.75, 3.05) is 39.5 Å². The Morgan fingerprint density at radius 2 is 2.36 bits per heavy atom. The Kier molecular flexibility index (Phi) is 4.19. The maximum atomic E-state index is 5.73. The summed E-state index contributed by atoms with van der Waals surface area (Å²) in [5.41, 5.74) is 0. The van der Waals surface area contributed by atoms with Gasteiger partial charge in [0.15, 0.2) is 0 Å². The largest absolute Gasteiger partial charge is 0.379 e. The first kappa shape index (κ1) is 10.4. The van der Waals surface area contributed by atoms with Crippen LogP contribution in [0.5, 0.6) is 0 Å². The Hall–Kier alpha value is -0.160. The molecule has 2 fully saturated rings. The Balaban J connectivity index is 1.60. The van der Waals surface area contributed by atoms with Crippen LogP contribution >= 0.6 is 0 Å². The highest BCUT2D eigenvalue weighted by Crippen LogP contribution is 2.10. The average Bonchev–Trinajstić information content (AvgIpc) is 2.29. The minimum atomic E-state index is 0.227. The molecule has 2 aliphatic rings. The quantitative estimate of drug-likeness (QED) is 0.706. The molecule has 2 rings (SSSR count). The second-order valence-electron chi connectivity index (χ2n) is 3.87. The standard InChI is InChI=1S/C10H19NO3/c1-2-9(7-12-4-1)14-8-10-6-11-3-5-13-10/h9-11H,1-8H2. The maximum absolute atomic E-state index is 5.73. The van der Waals surface area contributed by atoms with Crippen molar-refractivity contribution < 1.29 is 14.2 Å². The molecule has 0 amide bonds. The van der Waals surface area contributed by atoms with Crippen molar-refractivity contribution in [2.24, 2.45) is 0 Å². The van der Waals surface area contributed by atoms with E-state index in [4.69, 9.17) is 14.2 Å². The molecule has 0 radical (unpaired) electrons. The van der Waals surface area contributed by atoms with E-state index in [1.54, 1.807) is 0 Å². The molecule has 2 unspecified atom stereocenters. The van der Waals surface area contributed by atoms with Gasteiger partial charge in [-0.05, 0) is 12.8 Å². The molecule has 0 aliphatic carbocycles. The van der Waals surface area contributed by atoms with Crippen LogP contribution in [0.1, 0.15) is 12.8 Å². The van der Waals surface area contributed by atoms with Gasteiger partial charge in [-0.25, -0.2) is 0 Å². The van der Waals surface area contributed by atoms with Crippen LogP contribution in [-0.2, 0) is 14.2 Å². The molecule has 0 spiro atoms. The van der Waals surface area contributed by atoms with Gasteiger partial charge in [0, 0.05) is 19.7 Å². The van der Waals surface area contributed by atoms with E-state index in [1.165, 1.54) is 0 Å². The van der Waals surface area contributed by atoms with Crippen LogP contribution in [0, 0.1) is 0 Å². The number of hydrogen-bond donors (Lipinski definition) is 1. The van der Waals surface area contributed by atoms with Crippen LogP contribution in [0.25, 0.3) is 0 Å². The molecule has 2 heterocycles. The van der Waals surface area contributed by atoms with Crippen molar-refractivity contribution in [2.45, 2.75) is 25.0 Å². The van der Waals surface area contributed by atoms with Crippen molar-refractivity contribution in [1.29, 1.82) is 0 Å². The summed E-state index contributed by atoms with van der Waals surface area (Å²) in [6.45, 7) is 5.01. The third-order valence-corrected chi connectivity index (χ3v) is 2.64. The second kappa shape index (κ2) is 5.66. The molecule has 2 atom stereocenters. The fourth-order valence-corrected chi connectivity index (χ4v) is 1.81. The van der Waals surface area contributed by atoms with Crippen LogP contribution < -0.4 is 5.32 Å². The zero-order valence-electron chi connectivity index (χ0n) is 8.54. The molecular formula is C10H19NO3. The van der Waals surface area contributed by atoms with Crippen LogP contribution in [0.15, 0.2) is 0 Å². The van der Waals surface area contributed by atoms with E-state index in [0.717, 1.165) is 45.8 Å². The lowest BCUT2D eigenvalue weighted by molar-refractivity contribution is -0.0929. The molecule has 0 aromatic heterocycles. The van der Waals surface area contributed by atoms with Gasteiger partial charge >= 0.3 is 0 Å². The van der Waals surface area contributed by atoms with Crippen LogP contribution in [0.2, 0.25) is 0 Å². The fraction of sp³-hybridized carbons (Fsp3) is 1.00. The van der Waals surface area contributed by atoms with Crippen molar-refractivity contribution in [3.63, 3.8) is 0 Å². The van der Waals surface area contributed by atoms with Gasteiger partial charge in [0.1, 0.15) is 0 Å². The predicted molar refractivity (Wildman–Crippen MR) is 52.4 cm³/mol. The third kappa shape index (κ3) is 3.20. The Morgan fingerprint density at radius 3 is 3.07 bits per heavy atom. The topological polar surface area (TPSA) is 39.7 Å². The lowest BCUT2D eigenvalue weighted by atomic mass is 10.2. The van der Waals surface area contributed by atoms with Crippen LogP contribution in [0.3, 0.4) is 0 Å². The number of ether oxygens (including phenoxy) is 3. The zero-order valence-corrected chi connectivity index (χ0v) is 8.54. The molecule has 0 aromatic rings. The van der Waals surface area contributed by atoms with Crippen molar-refractivity contribution in [3.8, 4) is 0 Å².